The maximum absolute atomic E-state index is 12.7. The Balaban J connectivity index is 1.86. The molecule has 0 heterocycles. The van der Waals surface area contributed by atoms with Gasteiger partial charge in [-0.1, -0.05) is 30.3 Å². The van der Waals surface area contributed by atoms with Crippen LogP contribution >= 0.6 is 0 Å². The molecule has 24 heavy (non-hydrogen) atoms. The fourth-order valence-corrected chi connectivity index (χ4v) is 6.44. The average Bonchev–Trinajstić information content (AvgIpc) is 2.60. The van der Waals surface area contributed by atoms with E-state index in [0.29, 0.717) is 12.3 Å². The summed E-state index contributed by atoms with van der Waals surface area (Å²) >= 11 is 0. The van der Waals surface area contributed by atoms with Gasteiger partial charge in [0, 0.05) is 0 Å². The van der Waals surface area contributed by atoms with Gasteiger partial charge in [0.05, 0.1) is 25.0 Å². The van der Waals surface area contributed by atoms with Gasteiger partial charge in [0.1, 0.15) is 0 Å². The molecule has 5 rings (SSSR count). The molecule has 4 aliphatic carbocycles. The van der Waals surface area contributed by atoms with Crippen LogP contribution < -0.4 is 0 Å². The van der Waals surface area contributed by atoms with Crippen LogP contribution in [0.3, 0.4) is 0 Å². The topological polar surface area (TPSA) is 52.6 Å². The van der Waals surface area contributed by atoms with Crippen LogP contribution in [-0.4, -0.2) is 26.2 Å². The van der Waals surface area contributed by atoms with E-state index in [9.17, 15) is 9.59 Å². The minimum atomic E-state index is -0.543. The zero-order valence-corrected chi connectivity index (χ0v) is 14.3. The van der Waals surface area contributed by atoms with Gasteiger partial charge in [0.25, 0.3) is 0 Å². The third-order valence-electron chi connectivity index (χ3n) is 6.69. The van der Waals surface area contributed by atoms with Crippen molar-refractivity contribution >= 4 is 11.9 Å². The molecule has 4 nitrogen and oxygen atoms in total. The minimum absolute atomic E-state index is 0.122. The molecule has 0 spiro atoms. The first-order valence-corrected chi connectivity index (χ1v) is 8.70. The summed E-state index contributed by atoms with van der Waals surface area (Å²) in [7, 11) is 2.92. The van der Waals surface area contributed by atoms with Gasteiger partial charge in [-0.2, -0.15) is 0 Å². The Kier molecular flexibility index (Phi) is 3.32. The smallest absolute Gasteiger partial charge is 0.311 e. The molecule has 1 aromatic rings. The molecule has 4 aliphatic rings. The number of rotatable bonds is 3. The molecular weight excluding hydrogens is 304 g/mol. The number of carbonyl (C=O) groups excluding carboxylic acids is 2. The maximum atomic E-state index is 12.7. The largest absolute Gasteiger partial charge is 0.469 e. The van der Waals surface area contributed by atoms with Crippen molar-refractivity contribution in [3.05, 3.63) is 35.9 Å². The van der Waals surface area contributed by atoms with Gasteiger partial charge in [-0.3, -0.25) is 9.59 Å². The molecule has 128 valence electrons. The van der Waals surface area contributed by atoms with Crippen molar-refractivity contribution in [3.63, 3.8) is 0 Å². The highest BCUT2D eigenvalue weighted by atomic mass is 16.5. The van der Waals surface area contributed by atoms with Crippen LogP contribution in [0.5, 0.6) is 0 Å². The number of hydrogen-bond donors (Lipinski definition) is 0. The molecule has 4 saturated carbocycles. The van der Waals surface area contributed by atoms with E-state index in [4.69, 9.17) is 9.47 Å². The highest BCUT2D eigenvalue weighted by Gasteiger charge is 2.69. The van der Waals surface area contributed by atoms with E-state index in [0.717, 1.165) is 32.1 Å². The van der Waals surface area contributed by atoms with Gasteiger partial charge in [-0.15, -0.1) is 0 Å². The van der Waals surface area contributed by atoms with Crippen molar-refractivity contribution in [2.75, 3.05) is 14.2 Å². The number of esters is 2. The lowest BCUT2D eigenvalue weighted by atomic mass is 9.38. The van der Waals surface area contributed by atoms with E-state index >= 15 is 0 Å². The second-order valence-electron chi connectivity index (χ2n) is 8.20. The Morgan fingerprint density at radius 1 is 0.875 bits per heavy atom. The first kappa shape index (κ1) is 15.7. The normalized spacial score (nSPS) is 39.5. The van der Waals surface area contributed by atoms with Crippen LogP contribution in [0.15, 0.2) is 30.3 Å². The van der Waals surface area contributed by atoms with Gasteiger partial charge in [-0.25, -0.2) is 0 Å². The summed E-state index contributed by atoms with van der Waals surface area (Å²) in [6.07, 6.45) is 4.87. The Morgan fingerprint density at radius 3 is 1.92 bits per heavy atom. The Morgan fingerprint density at radius 2 is 1.42 bits per heavy atom. The molecule has 0 saturated heterocycles. The Hall–Kier alpha value is -1.84. The van der Waals surface area contributed by atoms with Crippen molar-refractivity contribution < 1.29 is 19.1 Å². The lowest BCUT2D eigenvalue weighted by Crippen LogP contribution is -2.63. The van der Waals surface area contributed by atoms with E-state index in [-0.39, 0.29) is 17.4 Å². The van der Waals surface area contributed by atoms with E-state index in [1.54, 1.807) is 0 Å². The van der Waals surface area contributed by atoms with Crippen molar-refractivity contribution in [2.45, 2.75) is 43.9 Å². The van der Waals surface area contributed by atoms with Crippen LogP contribution in [-0.2, 0) is 24.5 Å². The van der Waals surface area contributed by atoms with E-state index in [1.807, 2.05) is 18.2 Å². The van der Waals surface area contributed by atoms with Crippen LogP contribution in [0, 0.1) is 16.7 Å². The van der Waals surface area contributed by atoms with Crippen LogP contribution in [0.1, 0.15) is 44.1 Å². The summed E-state index contributed by atoms with van der Waals surface area (Å²) < 4.78 is 10.4. The third kappa shape index (κ3) is 1.98. The lowest BCUT2D eigenvalue weighted by molar-refractivity contribution is -0.195. The average molecular weight is 328 g/mol. The van der Waals surface area contributed by atoms with Crippen molar-refractivity contribution in [1.29, 1.82) is 0 Å². The minimum Gasteiger partial charge on any atom is -0.469 e. The van der Waals surface area contributed by atoms with Gasteiger partial charge in [0.2, 0.25) is 0 Å². The summed E-state index contributed by atoms with van der Waals surface area (Å²) in [5, 5.41) is 0. The molecule has 0 amide bonds. The summed E-state index contributed by atoms with van der Waals surface area (Å²) in [6, 6.07) is 10.4. The molecule has 0 radical (unpaired) electrons. The Bertz CT molecular complexity index is 648. The predicted octanol–water partition coefficient (Wildman–Crippen LogP) is 3.24. The van der Waals surface area contributed by atoms with Crippen LogP contribution in [0.4, 0.5) is 0 Å². The van der Waals surface area contributed by atoms with E-state index < -0.39 is 10.8 Å². The molecule has 0 aromatic heterocycles. The maximum Gasteiger partial charge on any atom is 0.311 e. The Labute approximate surface area is 142 Å². The standard InChI is InChI=1S/C20H24O4/c1-23-16(21)19-9-14-8-18(11-19,15-6-4-3-5-7-15)12-20(10-14,13-19)17(22)24-2/h3-7,14H,8-13H2,1-2H3. The van der Waals surface area contributed by atoms with Gasteiger partial charge in [0.15, 0.2) is 0 Å². The molecule has 0 N–H and O–H groups in total. The van der Waals surface area contributed by atoms with E-state index in [2.05, 4.69) is 12.1 Å². The monoisotopic (exact) mass is 328 g/mol. The van der Waals surface area contributed by atoms with Crippen LogP contribution in [0.25, 0.3) is 0 Å². The first-order chi connectivity index (χ1) is 11.5. The molecule has 4 bridgehead atoms. The number of methoxy groups -OCH3 is 2. The summed E-state index contributed by atoms with van der Waals surface area (Å²) in [4.78, 5) is 25.4. The highest BCUT2D eigenvalue weighted by Crippen LogP contribution is 2.70. The highest BCUT2D eigenvalue weighted by molar-refractivity contribution is 5.83. The third-order valence-corrected chi connectivity index (χ3v) is 6.69. The number of carbonyl (C=O) groups is 2. The van der Waals surface area contributed by atoms with Gasteiger partial charge in [-0.05, 0) is 55.4 Å². The van der Waals surface area contributed by atoms with Crippen molar-refractivity contribution in [3.8, 4) is 0 Å². The first-order valence-electron chi connectivity index (χ1n) is 8.70. The zero-order valence-electron chi connectivity index (χ0n) is 14.3. The second-order valence-corrected chi connectivity index (χ2v) is 8.20. The molecular formula is C20H24O4. The van der Waals surface area contributed by atoms with Crippen molar-refractivity contribution in [1.82, 2.24) is 0 Å². The summed E-state index contributed by atoms with van der Waals surface area (Å²) in [5.41, 5.74) is 0.0371. The fourth-order valence-electron chi connectivity index (χ4n) is 6.44. The molecule has 2 atom stereocenters. The molecule has 1 aromatic carbocycles. The molecule has 4 heteroatoms. The SMILES string of the molecule is COC(=O)C12CC3CC(C(=O)OC)(C1)CC(c1ccccc1)(C3)C2. The molecule has 0 aliphatic heterocycles. The van der Waals surface area contributed by atoms with E-state index in [1.165, 1.54) is 19.8 Å². The fraction of sp³-hybridized carbons (Fsp3) is 0.600. The molecule has 4 fully saturated rings. The predicted molar refractivity (Wildman–Crippen MR) is 88.2 cm³/mol. The van der Waals surface area contributed by atoms with Crippen LogP contribution in [0.2, 0.25) is 0 Å². The van der Waals surface area contributed by atoms with Crippen molar-refractivity contribution in [2.24, 2.45) is 16.7 Å². The number of benzene rings is 1. The lowest BCUT2D eigenvalue weighted by Gasteiger charge is -2.64. The quantitative estimate of drug-likeness (QED) is 0.799. The summed E-state index contributed by atoms with van der Waals surface area (Å²) in [6.45, 7) is 0. The van der Waals surface area contributed by atoms with Gasteiger partial charge >= 0.3 is 11.9 Å². The molecule has 2 unspecified atom stereocenters. The number of hydrogen-bond acceptors (Lipinski definition) is 4. The zero-order chi connectivity index (χ0) is 17.0. The second kappa shape index (κ2) is 5.08. The summed E-state index contributed by atoms with van der Waals surface area (Å²) in [5.74, 6) is 0.0695. The number of ether oxygens (including phenoxy) is 2. The van der Waals surface area contributed by atoms with Gasteiger partial charge < -0.3 is 9.47 Å².